The van der Waals surface area contributed by atoms with Gasteiger partial charge in [0.15, 0.2) is 0 Å². The van der Waals surface area contributed by atoms with Crippen LogP contribution in [0.1, 0.15) is 15.9 Å². The molecule has 3 aromatic carbocycles. The highest BCUT2D eigenvalue weighted by Crippen LogP contribution is 2.20. The maximum atomic E-state index is 11.2. The first kappa shape index (κ1) is 13.2. The molecule has 0 spiro atoms. The minimum absolute atomic E-state index is 0.413. The van der Waals surface area contributed by atoms with Crippen molar-refractivity contribution in [3.8, 4) is 0 Å². The number of nitrogens with two attached hydrogens (primary N) is 1. The summed E-state index contributed by atoms with van der Waals surface area (Å²) in [5.41, 5.74) is 7.92. The highest BCUT2D eigenvalue weighted by atomic mass is 16.1. The van der Waals surface area contributed by atoms with E-state index in [0.29, 0.717) is 12.1 Å². The first-order chi connectivity index (χ1) is 10.2. The first-order valence-electron chi connectivity index (χ1n) is 6.84. The Morgan fingerprint density at radius 2 is 1.71 bits per heavy atom. The Labute approximate surface area is 123 Å². The van der Waals surface area contributed by atoms with Gasteiger partial charge in [0.1, 0.15) is 0 Å². The van der Waals surface area contributed by atoms with Crippen molar-refractivity contribution in [2.45, 2.75) is 6.54 Å². The molecule has 104 valence electrons. The first-order valence-corrected chi connectivity index (χ1v) is 6.84. The molecule has 0 atom stereocenters. The zero-order valence-corrected chi connectivity index (χ0v) is 11.5. The van der Waals surface area contributed by atoms with Crippen molar-refractivity contribution in [2.75, 3.05) is 5.32 Å². The van der Waals surface area contributed by atoms with E-state index in [2.05, 4.69) is 35.6 Å². The van der Waals surface area contributed by atoms with Gasteiger partial charge in [-0.25, -0.2) is 0 Å². The topological polar surface area (TPSA) is 55.1 Å². The van der Waals surface area contributed by atoms with Crippen LogP contribution in [0.2, 0.25) is 0 Å². The van der Waals surface area contributed by atoms with Crippen molar-refractivity contribution in [2.24, 2.45) is 5.73 Å². The van der Waals surface area contributed by atoms with Crippen molar-refractivity contribution < 1.29 is 4.79 Å². The highest BCUT2D eigenvalue weighted by Gasteiger charge is 2.03. The third-order valence-corrected chi connectivity index (χ3v) is 3.51. The van der Waals surface area contributed by atoms with Gasteiger partial charge in [0.2, 0.25) is 5.91 Å². The molecule has 0 radical (unpaired) electrons. The molecular weight excluding hydrogens is 260 g/mol. The molecule has 0 heterocycles. The van der Waals surface area contributed by atoms with Crippen LogP contribution in [0.5, 0.6) is 0 Å². The number of amides is 1. The summed E-state index contributed by atoms with van der Waals surface area (Å²) in [6.07, 6.45) is 0. The standard InChI is InChI=1S/C18H16N2O/c19-18(21)14-7-4-9-16(11-14)20-12-15-8-3-6-13-5-1-2-10-17(13)15/h1-11,20H,12H2,(H2,19,21). The molecule has 0 bridgehead atoms. The van der Waals surface area contributed by atoms with E-state index in [1.54, 1.807) is 12.1 Å². The monoisotopic (exact) mass is 276 g/mol. The van der Waals surface area contributed by atoms with Gasteiger partial charge in [-0.2, -0.15) is 0 Å². The number of fused-ring (bicyclic) bond motifs is 1. The van der Waals surface area contributed by atoms with Crippen LogP contribution in [0.15, 0.2) is 66.7 Å². The van der Waals surface area contributed by atoms with Gasteiger partial charge in [-0.15, -0.1) is 0 Å². The largest absolute Gasteiger partial charge is 0.381 e. The zero-order chi connectivity index (χ0) is 14.7. The lowest BCUT2D eigenvalue weighted by atomic mass is 10.0. The van der Waals surface area contributed by atoms with Crippen molar-refractivity contribution in [3.05, 3.63) is 77.9 Å². The van der Waals surface area contributed by atoms with Crippen LogP contribution in [-0.4, -0.2) is 5.91 Å². The molecule has 21 heavy (non-hydrogen) atoms. The van der Waals surface area contributed by atoms with Gasteiger partial charge >= 0.3 is 0 Å². The smallest absolute Gasteiger partial charge is 0.248 e. The Morgan fingerprint density at radius 3 is 2.57 bits per heavy atom. The van der Waals surface area contributed by atoms with E-state index >= 15 is 0 Å². The second kappa shape index (κ2) is 5.67. The number of anilines is 1. The number of carbonyl (C=O) groups excluding carboxylic acids is 1. The van der Waals surface area contributed by atoms with Crippen LogP contribution in [0, 0.1) is 0 Å². The molecule has 3 rings (SSSR count). The minimum atomic E-state index is -0.413. The lowest BCUT2D eigenvalue weighted by Crippen LogP contribution is -2.11. The second-order valence-corrected chi connectivity index (χ2v) is 4.94. The van der Waals surface area contributed by atoms with Gasteiger partial charge in [0.05, 0.1) is 0 Å². The molecule has 0 aliphatic carbocycles. The summed E-state index contributed by atoms with van der Waals surface area (Å²) in [6, 6.07) is 21.8. The molecule has 3 N–H and O–H groups in total. The maximum absolute atomic E-state index is 11.2. The highest BCUT2D eigenvalue weighted by molar-refractivity contribution is 5.93. The summed E-state index contributed by atoms with van der Waals surface area (Å²) in [4.78, 5) is 11.2. The van der Waals surface area contributed by atoms with Crippen LogP contribution >= 0.6 is 0 Å². The maximum Gasteiger partial charge on any atom is 0.248 e. The van der Waals surface area contributed by atoms with Gasteiger partial charge in [0.25, 0.3) is 0 Å². The number of benzene rings is 3. The Bertz CT molecular complexity index is 791. The normalized spacial score (nSPS) is 10.5. The fourth-order valence-corrected chi connectivity index (χ4v) is 2.43. The molecule has 0 aliphatic heterocycles. The third kappa shape index (κ3) is 2.87. The fourth-order valence-electron chi connectivity index (χ4n) is 2.43. The molecule has 0 fully saturated rings. The van der Waals surface area contributed by atoms with Gasteiger partial charge < -0.3 is 11.1 Å². The summed E-state index contributed by atoms with van der Waals surface area (Å²) in [5, 5.41) is 5.80. The predicted octanol–water partition coefficient (Wildman–Crippen LogP) is 3.55. The molecule has 3 nitrogen and oxygen atoms in total. The Morgan fingerprint density at radius 1 is 0.952 bits per heavy atom. The number of hydrogen-bond donors (Lipinski definition) is 2. The molecule has 0 aliphatic rings. The van der Waals surface area contributed by atoms with Crippen LogP contribution < -0.4 is 11.1 Å². The van der Waals surface area contributed by atoms with Gasteiger partial charge in [-0.1, -0.05) is 48.5 Å². The summed E-state index contributed by atoms with van der Waals surface area (Å²) in [6.45, 7) is 0.698. The molecule has 0 aromatic heterocycles. The average molecular weight is 276 g/mol. The van der Waals surface area contributed by atoms with Crippen molar-refractivity contribution in [1.82, 2.24) is 0 Å². The number of carbonyl (C=O) groups is 1. The van der Waals surface area contributed by atoms with E-state index in [4.69, 9.17) is 5.73 Å². The Balaban J connectivity index is 1.84. The summed E-state index contributed by atoms with van der Waals surface area (Å²) in [5.74, 6) is -0.413. The Kier molecular flexibility index (Phi) is 3.56. The average Bonchev–Trinajstić information content (AvgIpc) is 2.53. The summed E-state index contributed by atoms with van der Waals surface area (Å²) >= 11 is 0. The van der Waals surface area contributed by atoms with E-state index in [9.17, 15) is 4.79 Å². The number of primary amides is 1. The molecule has 0 saturated heterocycles. The predicted molar refractivity (Wildman–Crippen MR) is 86.2 cm³/mol. The van der Waals surface area contributed by atoms with Gasteiger partial charge in [0, 0.05) is 17.8 Å². The van der Waals surface area contributed by atoms with E-state index < -0.39 is 5.91 Å². The van der Waals surface area contributed by atoms with Gasteiger partial charge in [-0.3, -0.25) is 4.79 Å². The zero-order valence-electron chi connectivity index (χ0n) is 11.5. The Hall–Kier alpha value is -2.81. The quantitative estimate of drug-likeness (QED) is 0.765. The van der Waals surface area contributed by atoms with Crippen molar-refractivity contribution >= 4 is 22.4 Å². The SMILES string of the molecule is NC(=O)c1cccc(NCc2cccc3ccccc23)c1. The fraction of sp³-hybridized carbons (Fsp3) is 0.0556. The molecule has 0 saturated carbocycles. The number of hydrogen-bond acceptors (Lipinski definition) is 2. The molecule has 0 unspecified atom stereocenters. The minimum Gasteiger partial charge on any atom is -0.381 e. The lowest BCUT2D eigenvalue weighted by molar-refractivity contribution is 0.100. The molecular formula is C18H16N2O. The van der Waals surface area contributed by atoms with E-state index in [1.165, 1.54) is 16.3 Å². The van der Waals surface area contributed by atoms with Crippen LogP contribution in [-0.2, 0) is 6.54 Å². The molecule has 1 amide bonds. The van der Waals surface area contributed by atoms with E-state index in [0.717, 1.165) is 5.69 Å². The second-order valence-electron chi connectivity index (χ2n) is 4.94. The summed E-state index contributed by atoms with van der Waals surface area (Å²) < 4.78 is 0. The van der Waals surface area contributed by atoms with Crippen LogP contribution in [0.25, 0.3) is 10.8 Å². The summed E-state index contributed by atoms with van der Waals surface area (Å²) in [7, 11) is 0. The van der Waals surface area contributed by atoms with Crippen LogP contribution in [0.3, 0.4) is 0 Å². The van der Waals surface area contributed by atoms with Gasteiger partial charge in [-0.05, 0) is 34.5 Å². The molecule has 3 heteroatoms. The van der Waals surface area contributed by atoms with E-state index in [-0.39, 0.29) is 0 Å². The molecule has 3 aromatic rings. The van der Waals surface area contributed by atoms with Crippen LogP contribution in [0.4, 0.5) is 5.69 Å². The number of nitrogens with one attached hydrogen (secondary N) is 1. The third-order valence-electron chi connectivity index (χ3n) is 3.51. The van der Waals surface area contributed by atoms with Crippen molar-refractivity contribution in [3.63, 3.8) is 0 Å². The lowest BCUT2D eigenvalue weighted by Gasteiger charge is -2.10. The number of rotatable bonds is 4. The van der Waals surface area contributed by atoms with Crippen molar-refractivity contribution in [1.29, 1.82) is 0 Å². The van der Waals surface area contributed by atoms with E-state index in [1.807, 2.05) is 24.3 Å².